The Morgan fingerprint density at radius 1 is 1.28 bits per heavy atom. The molecule has 2 heterocycles. The van der Waals surface area contributed by atoms with Crippen molar-refractivity contribution in [1.82, 2.24) is 9.80 Å². The van der Waals surface area contributed by atoms with E-state index in [0.29, 0.717) is 6.04 Å². The molecule has 1 unspecified atom stereocenters. The fraction of sp³-hybridized carbons (Fsp3) is 0.846. The molecule has 102 valence electrons. The predicted octanol–water partition coefficient (Wildman–Crippen LogP) is 0.195. The van der Waals surface area contributed by atoms with Gasteiger partial charge in [0.1, 0.15) is 0 Å². The summed E-state index contributed by atoms with van der Waals surface area (Å²) in [5.41, 5.74) is 5.21. The number of hydrogen-bond acceptors (Lipinski definition) is 3. The van der Waals surface area contributed by atoms with E-state index in [2.05, 4.69) is 11.9 Å². The van der Waals surface area contributed by atoms with Gasteiger partial charge >= 0.3 is 0 Å². The van der Waals surface area contributed by atoms with Gasteiger partial charge in [0.25, 0.3) is 0 Å². The quantitative estimate of drug-likeness (QED) is 0.781. The highest BCUT2D eigenvalue weighted by Crippen LogP contribution is 2.26. The molecule has 0 aromatic rings. The van der Waals surface area contributed by atoms with E-state index in [1.807, 2.05) is 4.90 Å². The molecule has 2 fully saturated rings. The van der Waals surface area contributed by atoms with Crippen molar-refractivity contribution in [3.63, 3.8) is 0 Å². The molecule has 2 saturated heterocycles. The maximum Gasteiger partial charge on any atom is 0.226 e. The molecule has 2 rings (SSSR count). The Morgan fingerprint density at radius 3 is 2.56 bits per heavy atom. The van der Waals surface area contributed by atoms with Crippen molar-refractivity contribution in [1.29, 1.82) is 0 Å². The number of likely N-dealkylation sites (tertiary alicyclic amines) is 2. The Hall–Kier alpha value is -1.10. The minimum Gasteiger partial charge on any atom is -0.370 e. The summed E-state index contributed by atoms with van der Waals surface area (Å²) in [6.07, 6.45) is 4.11. The summed E-state index contributed by atoms with van der Waals surface area (Å²) in [4.78, 5) is 27.6. The first-order valence-electron chi connectivity index (χ1n) is 6.85. The van der Waals surface area contributed by atoms with Crippen LogP contribution in [0.1, 0.15) is 32.1 Å². The monoisotopic (exact) mass is 253 g/mol. The van der Waals surface area contributed by atoms with Gasteiger partial charge in [0.15, 0.2) is 0 Å². The normalized spacial score (nSPS) is 27.5. The number of amides is 2. The number of nitrogens with zero attached hydrogens (tertiary/aromatic N) is 2. The van der Waals surface area contributed by atoms with E-state index in [-0.39, 0.29) is 24.2 Å². The zero-order chi connectivity index (χ0) is 13.1. The molecule has 0 radical (unpaired) electrons. The Kier molecular flexibility index (Phi) is 4.22. The molecule has 0 bridgehead atoms. The highest BCUT2D eigenvalue weighted by atomic mass is 16.2. The van der Waals surface area contributed by atoms with Crippen molar-refractivity contribution in [3.8, 4) is 0 Å². The van der Waals surface area contributed by atoms with Gasteiger partial charge in [0.05, 0.1) is 0 Å². The van der Waals surface area contributed by atoms with E-state index < -0.39 is 0 Å². The SMILES string of the molecule is CN1CCC(N2CCCC(CC(N)=O)C2=O)CC1. The molecule has 0 spiro atoms. The summed E-state index contributed by atoms with van der Waals surface area (Å²) in [5.74, 6) is -0.385. The molecule has 0 saturated carbocycles. The molecule has 2 N–H and O–H groups in total. The lowest BCUT2D eigenvalue weighted by Crippen LogP contribution is -2.51. The van der Waals surface area contributed by atoms with Crippen LogP contribution in [0.25, 0.3) is 0 Å². The summed E-state index contributed by atoms with van der Waals surface area (Å²) in [6, 6.07) is 0.365. The van der Waals surface area contributed by atoms with Crippen molar-refractivity contribution >= 4 is 11.8 Å². The Bertz CT molecular complexity index is 324. The second-order valence-corrected chi connectivity index (χ2v) is 5.58. The van der Waals surface area contributed by atoms with Gasteiger partial charge in [-0.3, -0.25) is 9.59 Å². The van der Waals surface area contributed by atoms with Gasteiger partial charge in [-0.1, -0.05) is 0 Å². The van der Waals surface area contributed by atoms with Crippen LogP contribution >= 0.6 is 0 Å². The third kappa shape index (κ3) is 3.02. The van der Waals surface area contributed by atoms with Crippen LogP contribution in [0.5, 0.6) is 0 Å². The standard InChI is InChI=1S/C13H23N3O2/c1-15-7-4-11(5-8-15)16-6-2-3-10(13(16)18)9-12(14)17/h10-11H,2-9H2,1H3,(H2,14,17). The van der Waals surface area contributed by atoms with Crippen LogP contribution < -0.4 is 5.73 Å². The Balaban J connectivity index is 1.95. The van der Waals surface area contributed by atoms with E-state index in [1.165, 1.54) is 0 Å². The minimum absolute atomic E-state index is 0.148. The summed E-state index contributed by atoms with van der Waals surface area (Å²) in [6.45, 7) is 2.95. The number of primary amides is 1. The van der Waals surface area contributed by atoms with Gasteiger partial charge in [-0.15, -0.1) is 0 Å². The van der Waals surface area contributed by atoms with E-state index in [1.54, 1.807) is 0 Å². The molecule has 1 atom stereocenters. The van der Waals surface area contributed by atoms with Crippen LogP contribution in [0.15, 0.2) is 0 Å². The largest absolute Gasteiger partial charge is 0.370 e. The average Bonchev–Trinajstić information content (AvgIpc) is 2.33. The number of piperidine rings is 2. The zero-order valence-corrected chi connectivity index (χ0v) is 11.1. The van der Waals surface area contributed by atoms with Gasteiger partial charge in [-0.05, 0) is 45.8 Å². The Morgan fingerprint density at radius 2 is 1.94 bits per heavy atom. The maximum atomic E-state index is 12.3. The van der Waals surface area contributed by atoms with E-state index in [0.717, 1.165) is 45.3 Å². The second kappa shape index (κ2) is 5.69. The van der Waals surface area contributed by atoms with Gasteiger partial charge in [-0.2, -0.15) is 0 Å². The minimum atomic E-state index is -0.362. The molecule has 5 heteroatoms. The van der Waals surface area contributed by atoms with Crippen LogP contribution in [-0.2, 0) is 9.59 Å². The molecule has 5 nitrogen and oxygen atoms in total. The van der Waals surface area contributed by atoms with Crippen LogP contribution in [-0.4, -0.2) is 54.3 Å². The molecule has 2 aliphatic rings. The molecular weight excluding hydrogens is 230 g/mol. The highest BCUT2D eigenvalue weighted by Gasteiger charge is 2.34. The van der Waals surface area contributed by atoms with Crippen LogP contribution in [0.2, 0.25) is 0 Å². The third-order valence-electron chi connectivity index (χ3n) is 4.16. The fourth-order valence-electron chi connectivity index (χ4n) is 3.08. The van der Waals surface area contributed by atoms with Crippen LogP contribution in [0, 0.1) is 5.92 Å². The molecule has 2 amide bonds. The smallest absolute Gasteiger partial charge is 0.226 e. The van der Waals surface area contributed by atoms with Gasteiger partial charge in [-0.25, -0.2) is 0 Å². The van der Waals surface area contributed by atoms with E-state index >= 15 is 0 Å². The zero-order valence-electron chi connectivity index (χ0n) is 11.1. The van der Waals surface area contributed by atoms with Crippen molar-refractivity contribution < 1.29 is 9.59 Å². The first kappa shape index (κ1) is 13.3. The topological polar surface area (TPSA) is 66.6 Å². The van der Waals surface area contributed by atoms with Crippen molar-refractivity contribution in [2.45, 2.75) is 38.1 Å². The lowest BCUT2D eigenvalue weighted by molar-refractivity contribution is -0.144. The predicted molar refractivity (Wildman–Crippen MR) is 68.8 cm³/mol. The highest BCUT2D eigenvalue weighted by molar-refractivity contribution is 5.85. The summed E-state index contributed by atoms with van der Waals surface area (Å²) in [7, 11) is 2.12. The summed E-state index contributed by atoms with van der Waals surface area (Å²) >= 11 is 0. The number of carbonyl (C=O) groups excluding carboxylic acids is 2. The van der Waals surface area contributed by atoms with Crippen LogP contribution in [0.4, 0.5) is 0 Å². The van der Waals surface area contributed by atoms with Crippen LogP contribution in [0.3, 0.4) is 0 Å². The first-order chi connectivity index (χ1) is 8.58. The number of nitrogens with two attached hydrogens (primary N) is 1. The lowest BCUT2D eigenvalue weighted by Gasteiger charge is -2.41. The Labute approximate surface area is 108 Å². The molecule has 18 heavy (non-hydrogen) atoms. The van der Waals surface area contributed by atoms with E-state index in [9.17, 15) is 9.59 Å². The van der Waals surface area contributed by atoms with Gasteiger partial charge in [0, 0.05) is 24.9 Å². The summed E-state index contributed by atoms with van der Waals surface area (Å²) < 4.78 is 0. The lowest BCUT2D eigenvalue weighted by atomic mass is 9.91. The third-order valence-corrected chi connectivity index (χ3v) is 4.16. The molecule has 0 aromatic carbocycles. The number of hydrogen-bond donors (Lipinski definition) is 1. The molecule has 0 aromatic heterocycles. The summed E-state index contributed by atoms with van der Waals surface area (Å²) in [5, 5.41) is 0. The second-order valence-electron chi connectivity index (χ2n) is 5.58. The van der Waals surface area contributed by atoms with Crippen molar-refractivity contribution in [3.05, 3.63) is 0 Å². The fourth-order valence-corrected chi connectivity index (χ4v) is 3.08. The van der Waals surface area contributed by atoms with Gasteiger partial charge in [0.2, 0.25) is 11.8 Å². The van der Waals surface area contributed by atoms with Gasteiger partial charge < -0.3 is 15.5 Å². The maximum absolute atomic E-state index is 12.3. The molecule has 2 aliphatic heterocycles. The molecular formula is C13H23N3O2. The first-order valence-corrected chi connectivity index (χ1v) is 6.85. The number of carbonyl (C=O) groups is 2. The average molecular weight is 253 g/mol. The van der Waals surface area contributed by atoms with E-state index in [4.69, 9.17) is 5.73 Å². The number of rotatable bonds is 3. The van der Waals surface area contributed by atoms with Crippen molar-refractivity contribution in [2.24, 2.45) is 11.7 Å². The van der Waals surface area contributed by atoms with Crippen molar-refractivity contribution in [2.75, 3.05) is 26.7 Å². The molecule has 0 aliphatic carbocycles.